The van der Waals surface area contributed by atoms with Crippen LogP contribution < -0.4 is 0 Å². The van der Waals surface area contributed by atoms with Crippen molar-refractivity contribution < 1.29 is 26.7 Å². The average molecular weight is 346 g/mol. The van der Waals surface area contributed by atoms with E-state index in [2.05, 4.69) is 0 Å². The van der Waals surface area contributed by atoms with E-state index >= 15 is 0 Å². The number of sulfonamides is 1. The number of aliphatic hydroxyl groups excluding tert-OH is 1. The van der Waals surface area contributed by atoms with Gasteiger partial charge in [-0.15, -0.1) is 0 Å². The number of hydrogen-bond donors (Lipinski definition) is 1. The molecule has 0 fully saturated rings. The third-order valence-corrected chi connectivity index (χ3v) is 4.85. The van der Waals surface area contributed by atoms with E-state index in [4.69, 9.17) is 16.7 Å². The van der Waals surface area contributed by atoms with Gasteiger partial charge in [-0.3, -0.25) is 0 Å². The zero-order valence-electron chi connectivity index (χ0n) is 11.2. The molecule has 0 amide bonds. The molecule has 0 bridgehead atoms. The summed E-state index contributed by atoms with van der Waals surface area (Å²) < 4.78 is 62.4. The summed E-state index contributed by atoms with van der Waals surface area (Å²) in [5, 5.41) is 8.95. The van der Waals surface area contributed by atoms with Crippen molar-refractivity contribution in [1.29, 1.82) is 0 Å². The molecule has 0 aromatic heterocycles. The van der Waals surface area contributed by atoms with E-state index in [0.717, 1.165) is 12.1 Å². The van der Waals surface area contributed by atoms with Crippen molar-refractivity contribution in [2.75, 3.05) is 13.1 Å². The molecule has 1 N–H and O–H groups in total. The molecule has 0 radical (unpaired) electrons. The van der Waals surface area contributed by atoms with Crippen LogP contribution in [-0.4, -0.2) is 37.1 Å². The molecule has 1 aromatic carbocycles. The van der Waals surface area contributed by atoms with Gasteiger partial charge in [-0.1, -0.05) is 24.6 Å². The van der Waals surface area contributed by atoms with Crippen molar-refractivity contribution in [3.05, 3.63) is 28.8 Å². The van der Waals surface area contributed by atoms with Crippen LogP contribution in [0.1, 0.15) is 18.9 Å². The SMILES string of the molecule is CCCN(CC(F)(F)F)S(=O)(=O)c1ccc(CO)c(Cl)c1. The second-order valence-corrected chi connectivity index (χ2v) is 6.71. The number of nitrogens with zero attached hydrogens (tertiary/aromatic N) is 1. The summed E-state index contributed by atoms with van der Waals surface area (Å²) in [5.74, 6) is 0. The second-order valence-electron chi connectivity index (χ2n) is 4.37. The molecular weight excluding hydrogens is 331 g/mol. The topological polar surface area (TPSA) is 57.6 Å². The summed E-state index contributed by atoms with van der Waals surface area (Å²) in [6, 6.07) is 3.44. The van der Waals surface area contributed by atoms with Crippen LogP contribution in [0, 0.1) is 0 Å². The lowest BCUT2D eigenvalue weighted by molar-refractivity contribution is -0.136. The standard InChI is InChI=1S/C12H15ClF3NO3S/c1-2-5-17(8-12(14,15)16)21(19,20)10-4-3-9(7-18)11(13)6-10/h3-4,6,18H,2,5,7-8H2,1H3. The molecule has 0 atom stereocenters. The third kappa shape index (κ3) is 4.84. The Morgan fingerprint density at radius 1 is 1.33 bits per heavy atom. The minimum atomic E-state index is -4.63. The molecule has 1 rings (SSSR count). The highest BCUT2D eigenvalue weighted by Gasteiger charge is 2.36. The van der Waals surface area contributed by atoms with Crippen molar-refractivity contribution in [1.82, 2.24) is 4.31 Å². The van der Waals surface area contributed by atoms with E-state index in [-0.39, 0.29) is 29.5 Å². The Labute approximate surface area is 126 Å². The van der Waals surface area contributed by atoms with Crippen molar-refractivity contribution in [3.8, 4) is 0 Å². The van der Waals surface area contributed by atoms with Gasteiger partial charge in [0.1, 0.15) is 6.54 Å². The van der Waals surface area contributed by atoms with E-state index in [9.17, 15) is 21.6 Å². The van der Waals surface area contributed by atoms with Crippen molar-refractivity contribution in [2.45, 2.75) is 31.0 Å². The zero-order valence-corrected chi connectivity index (χ0v) is 12.8. The first-order chi connectivity index (χ1) is 9.61. The average Bonchev–Trinajstić information content (AvgIpc) is 2.36. The lowest BCUT2D eigenvalue weighted by atomic mass is 10.2. The summed E-state index contributed by atoms with van der Waals surface area (Å²) in [5.41, 5.74) is 0.300. The Morgan fingerprint density at radius 3 is 2.38 bits per heavy atom. The maximum atomic E-state index is 12.5. The molecule has 4 nitrogen and oxygen atoms in total. The Morgan fingerprint density at radius 2 is 1.95 bits per heavy atom. The lowest BCUT2D eigenvalue weighted by Crippen LogP contribution is -2.39. The maximum Gasteiger partial charge on any atom is 0.402 e. The van der Waals surface area contributed by atoms with Gasteiger partial charge < -0.3 is 5.11 Å². The van der Waals surface area contributed by atoms with E-state index in [1.54, 1.807) is 6.92 Å². The molecule has 0 aliphatic rings. The minimum absolute atomic E-state index is 0.0120. The highest BCUT2D eigenvalue weighted by atomic mass is 35.5. The van der Waals surface area contributed by atoms with Crippen molar-refractivity contribution in [3.63, 3.8) is 0 Å². The number of aliphatic hydroxyl groups is 1. The van der Waals surface area contributed by atoms with E-state index < -0.39 is 22.7 Å². The number of halogens is 4. The fourth-order valence-electron chi connectivity index (χ4n) is 1.70. The molecule has 120 valence electrons. The highest BCUT2D eigenvalue weighted by molar-refractivity contribution is 7.89. The third-order valence-electron chi connectivity index (χ3n) is 2.66. The first-order valence-electron chi connectivity index (χ1n) is 6.08. The van der Waals surface area contributed by atoms with Crippen LogP contribution in [0.3, 0.4) is 0 Å². The Bertz CT molecular complexity index is 590. The fourth-order valence-corrected chi connectivity index (χ4v) is 3.55. The summed E-state index contributed by atoms with van der Waals surface area (Å²) in [6.45, 7) is -0.606. The molecular formula is C12H15ClF3NO3S. The molecule has 0 spiro atoms. The van der Waals surface area contributed by atoms with E-state index in [1.165, 1.54) is 6.07 Å². The van der Waals surface area contributed by atoms with Gasteiger partial charge in [0.2, 0.25) is 10.0 Å². The second kappa shape index (κ2) is 6.95. The van der Waals surface area contributed by atoms with Gasteiger partial charge in [0.05, 0.1) is 11.5 Å². The van der Waals surface area contributed by atoms with Crippen LogP contribution >= 0.6 is 11.6 Å². The molecule has 0 unspecified atom stereocenters. The molecule has 0 saturated heterocycles. The highest BCUT2D eigenvalue weighted by Crippen LogP contribution is 2.26. The molecule has 0 aliphatic carbocycles. The Balaban J connectivity index is 3.19. The summed E-state index contributed by atoms with van der Waals surface area (Å²) in [6.07, 6.45) is -4.38. The van der Waals surface area contributed by atoms with Gasteiger partial charge in [-0.05, 0) is 24.1 Å². The quantitative estimate of drug-likeness (QED) is 0.862. The van der Waals surface area contributed by atoms with Gasteiger partial charge in [-0.2, -0.15) is 17.5 Å². The number of benzene rings is 1. The Hall–Kier alpha value is -0.830. The van der Waals surface area contributed by atoms with Gasteiger partial charge >= 0.3 is 6.18 Å². The van der Waals surface area contributed by atoms with E-state index in [1.807, 2.05) is 0 Å². The molecule has 9 heteroatoms. The summed E-state index contributed by atoms with van der Waals surface area (Å²) in [4.78, 5) is -0.331. The zero-order chi connectivity index (χ0) is 16.3. The lowest BCUT2D eigenvalue weighted by Gasteiger charge is -2.23. The molecule has 0 heterocycles. The number of hydrogen-bond acceptors (Lipinski definition) is 3. The normalized spacial score (nSPS) is 12.9. The van der Waals surface area contributed by atoms with Gasteiger partial charge in [-0.25, -0.2) is 8.42 Å². The maximum absolute atomic E-state index is 12.5. The van der Waals surface area contributed by atoms with Crippen LogP contribution in [0.15, 0.2) is 23.1 Å². The summed E-state index contributed by atoms with van der Waals surface area (Å²) >= 11 is 5.79. The van der Waals surface area contributed by atoms with Crippen LogP contribution in [0.2, 0.25) is 5.02 Å². The van der Waals surface area contributed by atoms with E-state index in [0.29, 0.717) is 9.87 Å². The largest absolute Gasteiger partial charge is 0.402 e. The van der Waals surface area contributed by atoms with Crippen LogP contribution in [0.25, 0.3) is 0 Å². The predicted molar refractivity (Wildman–Crippen MR) is 72.5 cm³/mol. The van der Waals surface area contributed by atoms with Crippen molar-refractivity contribution >= 4 is 21.6 Å². The molecule has 21 heavy (non-hydrogen) atoms. The number of alkyl halides is 3. The number of rotatable bonds is 6. The van der Waals surface area contributed by atoms with Crippen molar-refractivity contribution in [2.24, 2.45) is 0 Å². The molecule has 0 aliphatic heterocycles. The predicted octanol–water partition coefficient (Wildman–Crippen LogP) is 2.80. The van der Waals surface area contributed by atoms with Gasteiger partial charge in [0.15, 0.2) is 0 Å². The van der Waals surface area contributed by atoms with Gasteiger partial charge in [0.25, 0.3) is 0 Å². The first-order valence-corrected chi connectivity index (χ1v) is 7.89. The monoisotopic (exact) mass is 345 g/mol. The Kier molecular flexibility index (Phi) is 6.03. The van der Waals surface area contributed by atoms with Crippen LogP contribution in [-0.2, 0) is 16.6 Å². The smallest absolute Gasteiger partial charge is 0.392 e. The fraction of sp³-hybridized carbons (Fsp3) is 0.500. The van der Waals surface area contributed by atoms with Gasteiger partial charge in [0, 0.05) is 11.6 Å². The minimum Gasteiger partial charge on any atom is -0.392 e. The first kappa shape index (κ1) is 18.2. The van der Waals surface area contributed by atoms with Crippen LogP contribution in [0.4, 0.5) is 13.2 Å². The molecule has 1 aromatic rings. The molecule has 0 saturated carbocycles. The van der Waals surface area contributed by atoms with Crippen LogP contribution in [0.5, 0.6) is 0 Å². The summed E-state index contributed by atoms with van der Waals surface area (Å²) in [7, 11) is -4.30.